The number of thiazole rings is 1. The fourth-order valence-corrected chi connectivity index (χ4v) is 7.69. The van der Waals surface area contributed by atoms with Gasteiger partial charge in [0.1, 0.15) is 0 Å². The van der Waals surface area contributed by atoms with Gasteiger partial charge in [0.2, 0.25) is 5.91 Å². The lowest BCUT2D eigenvalue weighted by Crippen LogP contribution is -2.53. The summed E-state index contributed by atoms with van der Waals surface area (Å²) >= 11 is 1.46. The van der Waals surface area contributed by atoms with Gasteiger partial charge in [0.25, 0.3) is 5.54 Å². The molecule has 1 amide bonds. The summed E-state index contributed by atoms with van der Waals surface area (Å²) in [6, 6.07) is 25.0. The first-order valence-corrected chi connectivity index (χ1v) is 14.6. The minimum absolute atomic E-state index is 0.0784. The molecule has 1 N–H and O–H groups in total. The van der Waals surface area contributed by atoms with Crippen molar-refractivity contribution < 1.29 is 9.53 Å². The van der Waals surface area contributed by atoms with Crippen LogP contribution in [0.15, 0.2) is 78.2 Å². The molecular weight excluding hydrogens is 516 g/mol. The zero-order valence-corrected chi connectivity index (χ0v) is 23.2. The molecule has 4 aliphatic rings. The van der Waals surface area contributed by atoms with E-state index < -0.39 is 11.0 Å². The number of aromatic nitrogens is 1. The SMILES string of the molecule is [C-]#[N+]C12CC(C)(C(=O)Nc3nc(Cc4ccc(N5CCOCC5)cc4)cs3)C(c3ccccc31)c1ccccc12. The number of hydrogen-bond donors (Lipinski definition) is 1. The normalized spacial score (nSPS) is 24.6. The second-order valence-electron chi connectivity index (χ2n) is 11.2. The molecule has 1 unspecified atom stereocenters. The van der Waals surface area contributed by atoms with Crippen molar-refractivity contribution in [1.29, 1.82) is 0 Å². The zero-order valence-electron chi connectivity index (χ0n) is 22.4. The van der Waals surface area contributed by atoms with Gasteiger partial charge in [-0.05, 0) is 35.7 Å². The molecule has 2 heterocycles. The van der Waals surface area contributed by atoms with Crippen LogP contribution in [-0.2, 0) is 21.5 Å². The number of rotatable bonds is 5. The van der Waals surface area contributed by atoms with E-state index in [0.29, 0.717) is 18.0 Å². The van der Waals surface area contributed by atoms with Gasteiger partial charge < -0.3 is 15.0 Å². The molecule has 0 spiro atoms. The number of nitrogens with zero attached hydrogens (tertiary/aromatic N) is 3. The Hall–Kier alpha value is -3.99. The molecule has 6 nitrogen and oxygen atoms in total. The summed E-state index contributed by atoms with van der Waals surface area (Å²) in [6.07, 6.45) is 1.15. The van der Waals surface area contributed by atoms with Crippen molar-refractivity contribution in [1.82, 2.24) is 4.98 Å². The first-order chi connectivity index (χ1) is 19.5. The van der Waals surface area contributed by atoms with Crippen molar-refractivity contribution in [2.75, 3.05) is 36.5 Å². The van der Waals surface area contributed by atoms with E-state index in [1.165, 1.54) is 22.6 Å². The van der Waals surface area contributed by atoms with E-state index in [2.05, 4.69) is 63.6 Å². The molecule has 0 saturated carbocycles. The van der Waals surface area contributed by atoms with Gasteiger partial charge in [-0.1, -0.05) is 60.7 Å². The van der Waals surface area contributed by atoms with Crippen LogP contribution in [0.25, 0.3) is 4.85 Å². The Balaban J connectivity index is 1.12. The third kappa shape index (κ3) is 3.86. The Kier molecular flexibility index (Phi) is 5.99. The first kappa shape index (κ1) is 25.0. The quantitative estimate of drug-likeness (QED) is 0.302. The van der Waals surface area contributed by atoms with Gasteiger partial charge in [-0.2, -0.15) is 0 Å². The number of anilines is 2. The summed E-state index contributed by atoms with van der Waals surface area (Å²) in [5, 5.41) is 5.77. The third-order valence-electron chi connectivity index (χ3n) is 8.87. The molecule has 1 saturated heterocycles. The van der Waals surface area contributed by atoms with Crippen LogP contribution in [0.5, 0.6) is 0 Å². The summed E-state index contributed by atoms with van der Waals surface area (Å²) in [4.78, 5) is 25.4. The molecule has 1 aromatic heterocycles. The minimum atomic E-state index is -0.866. The summed E-state index contributed by atoms with van der Waals surface area (Å²) in [7, 11) is 0. The maximum Gasteiger partial charge on any atom is 0.284 e. The van der Waals surface area contributed by atoms with Gasteiger partial charge in [-0.3, -0.25) is 9.64 Å². The molecule has 1 aliphatic heterocycles. The Morgan fingerprint density at radius 2 is 1.70 bits per heavy atom. The molecular formula is C33H30N4O2S. The average molecular weight is 547 g/mol. The fourth-order valence-electron chi connectivity index (χ4n) is 6.99. The highest BCUT2D eigenvalue weighted by atomic mass is 32.1. The lowest BCUT2D eigenvalue weighted by Gasteiger charge is -2.51. The van der Waals surface area contributed by atoms with Crippen molar-refractivity contribution in [3.8, 4) is 0 Å². The number of amides is 1. The van der Waals surface area contributed by atoms with E-state index in [1.807, 2.05) is 36.6 Å². The molecule has 3 aliphatic carbocycles. The summed E-state index contributed by atoms with van der Waals surface area (Å²) in [5.74, 6) is -0.196. The fraction of sp³-hybridized carbons (Fsp3) is 0.303. The molecule has 7 heteroatoms. The summed E-state index contributed by atoms with van der Waals surface area (Å²) in [5.41, 5.74) is 5.93. The first-order valence-electron chi connectivity index (χ1n) is 13.8. The number of benzene rings is 3. The van der Waals surface area contributed by atoms with Gasteiger partial charge in [-0.25, -0.2) is 11.6 Å². The maximum absolute atomic E-state index is 14.1. The number of carbonyl (C=O) groups is 1. The Morgan fingerprint density at radius 3 is 2.35 bits per heavy atom. The van der Waals surface area contributed by atoms with E-state index in [4.69, 9.17) is 16.3 Å². The van der Waals surface area contributed by atoms with Crippen LogP contribution in [0.4, 0.5) is 10.8 Å². The molecule has 2 bridgehead atoms. The molecule has 1 atom stereocenters. The summed E-state index contributed by atoms with van der Waals surface area (Å²) < 4.78 is 5.46. The van der Waals surface area contributed by atoms with Crippen LogP contribution in [0.1, 0.15) is 52.8 Å². The highest BCUT2D eigenvalue weighted by Crippen LogP contribution is 2.64. The zero-order chi connectivity index (χ0) is 27.3. The van der Waals surface area contributed by atoms with E-state index in [-0.39, 0.29) is 11.8 Å². The maximum atomic E-state index is 14.1. The Bertz CT molecular complexity index is 1590. The third-order valence-corrected chi connectivity index (χ3v) is 9.68. The topological polar surface area (TPSA) is 58.8 Å². The number of carbonyl (C=O) groups excluding carboxylic acids is 1. The number of nitrogens with one attached hydrogen (secondary N) is 1. The average Bonchev–Trinajstić information content (AvgIpc) is 3.44. The Morgan fingerprint density at radius 1 is 1.05 bits per heavy atom. The van der Waals surface area contributed by atoms with Crippen LogP contribution in [0.2, 0.25) is 0 Å². The van der Waals surface area contributed by atoms with Crippen molar-refractivity contribution in [2.24, 2.45) is 5.41 Å². The molecule has 3 aromatic carbocycles. The molecule has 0 radical (unpaired) electrons. The van der Waals surface area contributed by atoms with E-state index in [1.54, 1.807) is 0 Å². The number of ether oxygens (including phenoxy) is 1. The van der Waals surface area contributed by atoms with Gasteiger partial charge in [-0.15, -0.1) is 11.3 Å². The van der Waals surface area contributed by atoms with Crippen LogP contribution >= 0.6 is 11.3 Å². The Labute approximate surface area is 238 Å². The van der Waals surface area contributed by atoms with Crippen LogP contribution in [-0.4, -0.2) is 37.2 Å². The molecule has 4 aromatic rings. The molecule has 200 valence electrons. The number of morpholine rings is 1. The van der Waals surface area contributed by atoms with Gasteiger partial charge in [0, 0.05) is 54.0 Å². The van der Waals surface area contributed by atoms with Crippen molar-refractivity contribution in [2.45, 2.75) is 31.2 Å². The molecule has 1 fully saturated rings. The monoisotopic (exact) mass is 546 g/mol. The highest BCUT2D eigenvalue weighted by Gasteiger charge is 2.64. The van der Waals surface area contributed by atoms with Crippen molar-refractivity contribution >= 4 is 28.1 Å². The van der Waals surface area contributed by atoms with E-state index >= 15 is 0 Å². The largest absolute Gasteiger partial charge is 0.378 e. The van der Waals surface area contributed by atoms with E-state index in [0.717, 1.165) is 54.3 Å². The van der Waals surface area contributed by atoms with Crippen molar-refractivity contribution in [3.05, 3.63) is 123 Å². The smallest absolute Gasteiger partial charge is 0.284 e. The molecule has 8 rings (SSSR count). The lowest BCUT2D eigenvalue weighted by atomic mass is 9.49. The second kappa shape index (κ2) is 9.58. The highest BCUT2D eigenvalue weighted by molar-refractivity contribution is 7.13. The van der Waals surface area contributed by atoms with Gasteiger partial charge in [0.15, 0.2) is 5.13 Å². The second-order valence-corrected chi connectivity index (χ2v) is 12.1. The van der Waals surface area contributed by atoms with Crippen LogP contribution < -0.4 is 10.2 Å². The van der Waals surface area contributed by atoms with Gasteiger partial charge >= 0.3 is 0 Å². The number of fused-ring (bicyclic) bond motifs is 1. The van der Waals surface area contributed by atoms with Gasteiger partial charge in [0.05, 0.1) is 24.3 Å². The summed E-state index contributed by atoms with van der Waals surface area (Å²) in [6.45, 7) is 13.7. The number of hydrogen-bond acceptors (Lipinski definition) is 5. The predicted molar refractivity (Wildman–Crippen MR) is 158 cm³/mol. The molecule has 40 heavy (non-hydrogen) atoms. The van der Waals surface area contributed by atoms with Crippen LogP contribution in [0, 0.1) is 12.0 Å². The lowest BCUT2D eigenvalue weighted by molar-refractivity contribution is -0.127. The van der Waals surface area contributed by atoms with Crippen molar-refractivity contribution in [3.63, 3.8) is 0 Å². The van der Waals surface area contributed by atoms with Crippen LogP contribution in [0.3, 0.4) is 0 Å². The standard InChI is InChI=1S/C33H30N4O2S/c1-32(21-33(34-2)27-9-5-3-7-25(27)29(32)26-8-4-6-10-28(26)33)30(38)36-31-35-23(20-40-31)19-22-11-13-24(14-12-22)37-15-17-39-18-16-37/h3-14,20,29H,15-19,21H2,1H3,(H,35,36,38). The van der Waals surface area contributed by atoms with E-state index in [9.17, 15) is 4.79 Å². The minimum Gasteiger partial charge on any atom is -0.378 e. The predicted octanol–water partition coefficient (Wildman–Crippen LogP) is 6.23.